The minimum Gasteiger partial charge on any atom is -0.303 e. The van der Waals surface area contributed by atoms with Gasteiger partial charge in [-0.25, -0.2) is 0 Å². The van der Waals surface area contributed by atoms with Crippen molar-refractivity contribution in [2.24, 2.45) is 0 Å². The molecular formula is C12H15NO3. The number of rotatable bonds is 5. The first kappa shape index (κ1) is 12.4. The van der Waals surface area contributed by atoms with Crippen molar-refractivity contribution >= 4 is 6.29 Å². The summed E-state index contributed by atoms with van der Waals surface area (Å²) in [6.07, 6.45) is 0.904. The molecule has 1 atom stereocenters. The first-order valence-electron chi connectivity index (χ1n) is 5.13. The second kappa shape index (κ2) is 4.88. The summed E-state index contributed by atoms with van der Waals surface area (Å²) in [5, 5.41) is 11.0. The Bertz CT molecular complexity index is 373. The van der Waals surface area contributed by atoms with E-state index in [0.29, 0.717) is 0 Å². The highest BCUT2D eigenvalue weighted by Crippen LogP contribution is 2.32. The van der Waals surface area contributed by atoms with E-state index in [1.54, 1.807) is 13.8 Å². The summed E-state index contributed by atoms with van der Waals surface area (Å²) in [7, 11) is 0. The minimum absolute atomic E-state index is 0.165. The lowest BCUT2D eigenvalue weighted by molar-refractivity contribution is -0.565. The Balaban J connectivity index is 3.09. The van der Waals surface area contributed by atoms with Crippen molar-refractivity contribution in [3.8, 4) is 0 Å². The molecule has 0 aliphatic rings. The monoisotopic (exact) mass is 221 g/mol. The summed E-state index contributed by atoms with van der Waals surface area (Å²) < 4.78 is 0. The van der Waals surface area contributed by atoms with Crippen LogP contribution in [0.1, 0.15) is 31.7 Å². The normalized spacial score (nSPS) is 13.1. The molecule has 16 heavy (non-hydrogen) atoms. The van der Waals surface area contributed by atoms with E-state index < -0.39 is 5.54 Å². The van der Waals surface area contributed by atoms with Crippen molar-refractivity contribution in [1.82, 2.24) is 0 Å². The highest BCUT2D eigenvalue weighted by Gasteiger charge is 2.41. The number of benzene rings is 1. The average molecular weight is 221 g/mol. The van der Waals surface area contributed by atoms with Gasteiger partial charge in [-0.2, -0.15) is 0 Å². The molecule has 0 unspecified atom stereocenters. The van der Waals surface area contributed by atoms with Crippen LogP contribution in [-0.2, 0) is 4.79 Å². The van der Waals surface area contributed by atoms with Gasteiger partial charge in [-0.15, -0.1) is 0 Å². The molecule has 86 valence electrons. The van der Waals surface area contributed by atoms with E-state index in [1.165, 1.54) is 0 Å². The van der Waals surface area contributed by atoms with Gasteiger partial charge in [-0.05, 0) is 5.56 Å². The minimum atomic E-state index is -1.14. The smallest absolute Gasteiger partial charge is 0.223 e. The molecule has 0 aromatic heterocycles. The van der Waals surface area contributed by atoms with Gasteiger partial charge in [-0.3, -0.25) is 10.1 Å². The van der Waals surface area contributed by atoms with E-state index in [2.05, 4.69) is 0 Å². The highest BCUT2D eigenvalue weighted by atomic mass is 16.6. The van der Waals surface area contributed by atoms with Crippen LogP contribution in [0.25, 0.3) is 0 Å². The molecule has 0 heterocycles. The highest BCUT2D eigenvalue weighted by molar-refractivity contribution is 5.52. The van der Waals surface area contributed by atoms with Crippen molar-refractivity contribution in [2.75, 3.05) is 0 Å². The van der Waals surface area contributed by atoms with Crippen LogP contribution in [-0.4, -0.2) is 16.7 Å². The van der Waals surface area contributed by atoms with E-state index >= 15 is 0 Å². The summed E-state index contributed by atoms with van der Waals surface area (Å²) in [5.41, 5.74) is -0.307. The standard InChI is InChI=1S/C12H15NO3/c1-12(2,13(15)16)11(8-9-14)10-6-4-3-5-7-10/h3-7,9,11H,8H2,1-2H3/t11-/m1/s1. The largest absolute Gasteiger partial charge is 0.303 e. The number of hydrogen-bond acceptors (Lipinski definition) is 3. The maximum absolute atomic E-state index is 11.0. The van der Waals surface area contributed by atoms with Crippen LogP contribution >= 0.6 is 0 Å². The zero-order chi connectivity index (χ0) is 12.2. The first-order valence-corrected chi connectivity index (χ1v) is 5.13. The predicted octanol–water partition coefficient (Wildman–Crippen LogP) is 2.41. The molecule has 0 saturated carbocycles. The summed E-state index contributed by atoms with van der Waals surface area (Å²) in [6.45, 7) is 3.10. The molecular weight excluding hydrogens is 206 g/mol. The van der Waals surface area contributed by atoms with Gasteiger partial charge in [0.05, 0.1) is 5.92 Å². The second-order valence-corrected chi connectivity index (χ2v) is 4.28. The molecule has 1 aromatic rings. The van der Waals surface area contributed by atoms with Crippen LogP contribution < -0.4 is 0 Å². The van der Waals surface area contributed by atoms with E-state index in [9.17, 15) is 14.9 Å². The fourth-order valence-electron chi connectivity index (χ4n) is 1.74. The molecule has 0 spiro atoms. The Kier molecular flexibility index (Phi) is 3.77. The average Bonchev–Trinajstić information content (AvgIpc) is 2.26. The van der Waals surface area contributed by atoms with Crippen LogP contribution in [0.5, 0.6) is 0 Å². The van der Waals surface area contributed by atoms with Gasteiger partial charge < -0.3 is 4.79 Å². The molecule has 4 nitrogen and oxygen atoms in total. The van der Waals surface area contributed by atoms with Gasteiger partial charge in [-0.1, -0.05) is 30.3 Å². The molecule has 0 saturated heterocycles. The van der Waals surface area contributed by atoms with E-state index in [-0.39, 0.29) is 17.3 Å². The molecule has 0 bridgehead atoms. The lowest BCUT2D eigenvalue weighted by Gasteiger charge is -2.25. The van der Waals surface area contributed by atoms with Crippen molar-refractivity contribution in [2.45, 2.75) is 31.7 Å². The number of aldehydes is 1. The maximum Gasteiger partial charge on any atom is 0.223 e. The first-order chi connectivity index (χ1) is 7.50. The fourth-order valence-corrected chi connectivity index (χ4v) is 1.74. The lowest BCUT2D eigenvalue weighted by atomic mass is 9.80. The molecule has 0 amide bonds. The summed E-state index contributed by atoms with van der Waals surface area (Å²) in [4.78, 5) is 21.3. The zero-order valence-electron chi connectivity index (χ0n) is 9.42. The summed E-state index contributed by atoms with van der Waals surface area (Å²) >= 11 is 0. The van der Waals surface area contributed by atoms with Crippen molar-refractivity contribution in [3.05, 3.63) is 46.0 Å². The van der Waals surface area contributed by atoms with Crippen LogP contribution in [0, 0.1) is 10.1 Å². The van der Waals surface area contributed by atoms with Crippen LogP contribution in [0.15, 0.2) is 30.3 Å². The van der Waals surface area contributed by atoms with Crippen molar-refractivity contribution in [3.63, 3.8) is 0 Å². The third-order valence-corrected chi connectivity index (χ3v) is 2.86. The molecule has 0 aliphatic heterocycles. The predicted molar refractivity (Wildman–Crippen MR) is 60.9 cm³/mol. The molecule has 1 aromatic carbocycles. The van der Waals surface area contributed by atoms with Gasteiger partial charge in [0, 0.05) is 25.2 Å². The van der Waals surface area contributed by atoms with Gasteiger partial charge in [0.1, 0.15) is 6.29 Å². The maximum atomic E-state index is 11.0. The fraction of sp³-hybridized carbons (Fsp3) is 0.417. The number of carbonyl (C=O) groups excluding carboxylic acids is 1. The van der Waals surface area contributed by atoms with Crippen LogP contribution in [0.4, 0.5) is 0 Å². The number of nitrogens with zero attached hydrogens (tertiary/aromatic N) is 1. The third-order valence-electron chi connectivity index (χ3n) is 2.86. The summed E-state index contributed by atoms with van der Waals surface area (Å²) in [6, 6.07) is 9.13. The van der Waals surface area contributed by atoms with Gasteiger partial charge in [0.25, 0.3) is 0 Å². The van der Waals surface area contributed by atoms with E-state index in [4.69, 9.17) is 0 Å². The van der Waals surface area contributed by atoms with Crippen molar-refractivity contribution < 1.29 is 9.72 Å². The van der Waals surface area contributed by atoms with Gasteiger partial charge >= 0.3 is 0 Å². The Morgan fingerprint density at radius 3 is 2.38 bits per heavy atom. The molecule has 1 rings (SSSR count). The zero-order valence-corrected chi connectivity index (χ0v) is 9.42. The molecule has 0 N–H and O–H groups in total. The lowest BCUT2D eigenvalue weighted by Crippen LogP contribution is -2.38. The third kappa shape index (κ3) is 2.45. The van der Waals surface area contributed by atoms with E-state index in [0.717, 1.165) is 11.8 Å². The Morgan fingerprint density at radius 2 is 1.94 bits per heavy atom. The van der Waals surface area contributed by atoms with E-state index in [1.807, 2.05) is 30.3 Å². The quantitative estimate of drug-likeness (QED) is 0.436. The second-order valence-electron chi connectivity index (χ2n) is 4.28. The van der Waals surface area contributed by atoms with Crippen LogP contribution in [0.2, 0.25) is 0 Å². The topological polar surface area (TPSA) is 60.2 Å². The number of hydrogen-bond donors (Lipinski definition) is 0. The molecule has 0 fully saturated rings. The SMILES string of the molecule is CC(C)([C@H](CC=O)c1ccccc1)[N+](=O)[O-]. The van der Waals surface area contributed by atoms with Crippen molar-refractivity contribution in [1.29, 1.82) is 0 Å². The van der Waals surface area contributed by atoms with Gasteiger partial charge in [0.15, 0.2) is 0 Å². The van der Waals surface area contributed by atoms with Crippen LogP contribution in [0.3, 0.4) is 0 Å². The molecule has 4 heteroatoms. The Labute approximate surface area is 94.4 Å². The number of carbonyl (C=O) groups is 1. The Morgan fingerprint density at radius 1 is 1.38 bits per heavy atom. The molecule has 0 radical (unpaired) electrons. The van der Waals surface area contributed by atoms with Gasteiger partial charge in [0.2, 0.25) is 5.54 Å². The number of nitro groups is 1. The Hall–Kier alpha value is -1.71. The summed E-state index contributed by atoms with van der Waals surface area (Å²) in [5.74, 6) is -0.388. The molecule has 0 aliphatic carbocycles.